The highest BCUT2D eigenvalue weighted by Gasteiger charge is 2.16. The summed E-state index contributed by atoms with van der Waals surface area (Å²) in [5.41, 5.74) is 0.599. The number of carboxylic acid groups (broad SMARTS) is 1. The average Bonchev–Trinajstić information content (AvgIpc) is 3.09. The Morgan fingerprint density at radius 1 is 1.04 bits per heavy atom. The van der Waals surface area contributed by atoms with E-state index in [0.29, 0.717) is 28.6 Å². The maximum atomic E-state index is 11.5. The Morgan fingerprint density at radius 3 is 2.48 bits per heavy atom. The van der Waals surface area contributed by atoms with Crippen LogP contribution in [0.15, 0.2) is 65.3 Å². The molecule has 0 fully saturated rings. The number of hydrogen-bond donors (Lipinski definition) is 1. The lowest BCUT2D eigenvalue weighted by atomic mass is 10.0. The van der Waals surface area contributed by atoms with E-state index >= 15 is 0 Å². The molecule has 5 heteroatoms. The van der Waals surface area contributed by atoms with E-state index < -0.39 is 5.97 Å². The fraction of sp³-hybridized carbons (Fsp3) is 0.0556. The highest BCUT2D eigenvalue weighted by atomic mass is 16.5. The molecule has 3 aromatic rings. The monoisotopic (exact) mass is 310 g/mol. The minimum Gasteiger partial charge on any atom is -0.493 e. The Labute approximate surface area is 132 Å². The van der Waals surface area contributed by atoms with E-state index in [1.54, 1.807) is 43.5 Å². The van der Waals surface area contributed by atoms with Crippen LogP contribution in [0.3, 0.4) is 0 Å². The minimum atomic E-state index is -1.05. The summed E-state index contributed by atoms with van der Waals surface area (Å²) in [6.45, 7) is 0. The highest BCUT2D eigenvalue weighted by Crippen LogP contribution is 2.34. The van der Waals surface area contributed by atoms with Gasteiger partial charge >= 0.3 is 5.97 Å². The fourth-order valence-corrected chi connectivity index (χ4v) is 2.24. The Kier molecular flexibility index (Phi) is 4.01. The van der Waals surface area contributed by atoms with E-state index in [2.05, 4.69) is 0 Å². The number of carbonyl (C=O) groups is 1. The number of ether oxygens (including phenoxy) is 2. The molecule has 0 aliphatic rings. The van der Waals surface area contributed by atoms with Gasteiger partial charge < -0.3 is 19.0 Å². The van der Waals surface area contributed by atoms with Crippen LogP contribution in [-0.4, -0.2) is 18.2 Å². The van der Waals surface area contributed by atoms with Crippen molar-refractivity contribution in [2.75, 3.05) is 7.11 Å². The van der Waals surface area contributed by atoms with E-state index in [4.69, 9.17) is 13.9 Å². The molecular weight excluding hydrogens is 296 g/mol. The molecule has 23 heavy (non-hydrogen) atoms. The summed E-state index contributed by atoms with van der Waals surface area (Å²) in [7, 11) is 1.55. The minimum absolute atomic E-state index is 0.104. The van der Waals surface area contributed by atoms with Gasteiger partial charge in [-0.1, -0.05) is 12.1 Å². The Bertz CT molecular complexity index is 821. The zero-order chi connectivity index (χ0) is 16.2. The molecule has 0 saturated carbocycles. The summed E-state index contributed by atoms with van der Waals surface area (Å²) in [5.74, 6) is 0.923. The van der Waals surface area contributed by atoms with Gasteiger partial charge in [0.05, 0.1) is 18.9 Å². The Morgan fingerprint density at radius 2 is 1.83 bits per heavy atom. The molecule has 0 atom stereocenters. The van der Waals surface area contributed by atoms with Crippen molar-refractivity contribution in [1.82, 2.24) is 0 Å². The van der Waals surface area contributed by atoms with Crippen molar-refractivity contribution in [2.45, 2.75) is 0 Å². The van der Waals surface area contributed by atoms with Crippen LogP contribution in [0.2, 0.25) is 0 Å². The number of furan rings is 1. The van der Waals surface area contributed by atoms with Crippen LogP contribution in [0.5, 0.6) is 17.2 Å². The van der Waals surface area contributed by atoms with Crippen molar-refractivity contribution >= 4 is 5.97 Å². The van der Waals surface area contributed by atoms with E-state index in [0.717, 1.165) is 0 Å². The lowest BCUT2D eigenvalue weighted by Crippen LogP contribution is -2.00. The number of carboxylic acids is 1. The zero-order valence-electron chi connectivity index (χ0n) is 12.4. The fourth-order valence-electron chi connectivity index (χ4n) is 2.24. The quantitative estimate of drug-likeness (QED) is 0.754. The van der Waals surface area contributed by atoms with E-state index in [1.165, 1.54) is 12.3 Å². The van der Waals surface area contributed by atoms with Gasteiger partial charge in [-0.25, -0.2) is 4.79 Å². The van der Waals surface area contributed by atoms with Gasteiger partial charge in [0.15, 0.2) is 11.5 Å². The SMILES string of the molecule is COc1ccccc1Oc1ccc(-c2ccco2)c(C(=O)O)c1. The molecule has 0 spiro atoms. The first-order chi connectivity index (χ1) is 11.2. The van der Waals surface area contributed by atoms with E-state index in [9.17, 15) is 9.90 Å². The molecule has 0 saturated heterocycles. The first kappa shape index (κ1) is 14.7. The largest absolute Gasteiger partial charge is 0.493 e. The second-order valence-corrected chi connectivity index (χ2v) is 4.74. The van der Waals surface area contributed by atoms with Crippen LogP contribution in [0.25, 0.3) is 11.3 Å². The first-order valence-corrected chi connectivity index (χ1v) is 6.91. The van der Waals surface area contributed by atoms with Gasteiger partial charge in [-0.2, -0.15) is 0 Å². The molecule has 1 heterocycles. The first-order valence-electron chi connectivity index (χ1n) is 6.91. The summed E-state index contributed by atoms with van der Waals surface area (Å²) in [4.78, 5) is 11.5. The van der Waals surface area contributed by atoms with Crippen LogP contribution < -0.4 is 9.47 Å². The van der Waals surface area contributed by atoms with Gasteiger partial charge in [0.25, 0.3) is 0 Å². The standard InChI is InChI=1S/C18H14O5/c1-21-16-5-2-3-6-17(16)23-12-8-9-13(14(11-12)18(19)20)15-7-4-10-22-15/h2-11H,1H3,(H,19,20). The Balaban J connectivity index is 1.98. The van der Waals surface area contributed by atoms with Crippen LogP contribution in [-0.2, 0) is 0 Å². The van der Waals surface area contributed by atoms with Gasteiger partial charge in [0, 0.05) is 5.56 Å². The molecule has 1 aromatic heterocycles. The predicted molar refractivity (Wildman–Crippen MR) is 84.2 cm³/mol. The zero-order valence-corrected chi connectivity index (χ0v) is 12.4. The van der Waals surface area contributed by atoms with Crippen molar-refractivity contribution in [3.8, 4) is 28.6 Å². The van der Waals surface area contributed by atoms with Crippen LogP contribution in [0.4, 0.5) is 0 Å². The van der Waals surface area contributed by atoms with E-state index in [-0.39, 0.29) is 5.56 Å². The highest BCUT2D eigenvalue weighted by molar-refractivity contribution is 5.95. The Hall–Kier alpha value is -3.21. The number of benzene rings is 2. The molecule has 0 aliphatic heterocycles. The summed E-state index contributed by atoms with van der Waals surface area (Å²) in [6, 6.07) is 15.4. The summed E-state index contributed by atoms with van der Waals surface area (Å²) >= 11 is 0. The number of rotatable bonds is 5. The van der Waals surface area contributed by atoms with Gasteiger partial charge in [-0.3, -0.25) is 0 Å². The summed E-state index contributed by atoms with van der Waals surface area (Å²) in [6.07, 6.45) is 1.50. The molecule has 0 bridgehead atoms. The van der Waals surface area contributed by atoms with Gasteiger partial charge in [-0.05, 0) is 42.5 Å². The number of para-hydroxylation sites is 2. The number of hydrogen-bond acceptors (Lipinski definition) is 4. The normalized spacial score (nSPS) is 10.3. The third kappa shape index (κ3) is 3.03. The van der Waals surface area contributed by atoms with E-state index in [1.807, 2.05) is 12.1 Å². The summed E-state index contributed by atoms with van der Waals surface area (Å²) < 4.78 is 16.2. The molecule has 5 nitrogen and oxygen atoms in total. The van der Waals surface area contributed by atoms with Crippen molar-refractivity contribution in [1.29, 1.82) is 0 Å². The molecule has 0 aliphatic carbocycles. The van der Waals surface area contributed by atoms with Crippen LogP contribution >= 0.6 is 0 Å². The molecule has 3 rings (SSSR count). The second kappa shape index (κ2) is 6.27. The molecule has 0 unspecified atom stereocenters. The molecular formula is C18H14O5. The van der Waals surface area contributed by atoms with Crippen LogP contribution in [0.1, 0.15) is 10.4 Å². The van der Waals surface area contributed by atoms with Gasteiger partial charge in [0.2, 0.25) is 0 Å². The number of aromatic carboxylic acids is 1. The van der Waals surface area contributed by atoms with Crippen molar-refractivity contribution < 1.29 is 23.8 Å². The lowest BCUT2D eigenvalue weighted by molar-refractivity contribution is 0.0697. The third-order valence-corrected chi connectivity index (χ3v) is 3.30. The lowest BCUT2D eigenvalue weighted by Gasteiger charge is -2.11. The maximum Gasteiger partial charge on any atom is 0.336 e. The van der Waals surface area contributed by atoms with Crippen molar-refractivity contribution in [3.63, 3.8) is 0 Å². The topological polar surface area (TPSA) is 68.9 Å². The van der Waals surface area contributed by atoms with Crippen molar-refractivity contribution in [3.05, 3.63) is 66.4 Å². The maximum absolute atomic E-state index is 11.5. The van der Waals surface area contributed by atoms with Gasteiger partial charge in [0.1, 0.15) is 11.5 Å². The molecule has 0 radical (unpaired) electrons. The molecule has 0 amide bonds. The average molecular weight is 310 g/mol. The third-order valence-electron chi connectivity index (χ3n) is 3.30. The molecule has 1 N–H and O–H groups in total. The summed E-state index contributed by atoms with van der Waals surface area (Å²) in [5, 5.41) is 9.43. The molecule has 116 valence electrons. The van der Waals surface area contributed by atoms with Crippen LogP contribution in [0, 0.1) is 0 Å². The van der Waals surface area contributed by atoms with Gasteiger partial charge in [-0.15, -0.1) is 0 Å². The number of methoxy groups -OCH3 is 1. The molecule has 2 aromatic carbocycles. The second-order valence-electron chi connectivity index (χ2n) is 4.74. The predicted octanol–water partition coefficient (Wildman–Crippen LogP) is 4.45. The smallest absolute Gasteiger partial charge is 0.336 e. The van der Waals surface area contributed by atoms with Crippen molar-refractivity contribution in [2.24, 2.45) is 0 Å².